The Bertz CT molecular complexity index is 580. The molecule has 1 N–H and O–H groups in total. The van der Waals surface area contributed by atoms with Gasteiger partial charge >= 0.3 is 5.97 Å². The van der Waals surface area contributed by atoms with Crippen molar-refractivity contribution < 1.29 is 19.4 Å². The summed E-state index contributed by atoms with van der Waals surface area (Å²) >= 11 is 0. The highest BCUT2D eigenvalue weighted by Gasteiger charge is 2.57. The predicted octanol–water partition coefficient (Wildman–Crippen LogP) is 2.73. The summed E-state index contributed by atoms with van der Waals surface area (Å²) in [6, 6.07) is 0. The van der Waals surface area contributed by atoms with E-state index < -0.39 is 17.0 Å². The molecule has 0 heterocycles. The Hall–Kier alpha value is -1.68. The number of allylic oxidation sites excluding steroid dienone is 3. The van der Waals surface area contributed by atoms with E-state index in [4.69, 9.17) is 0 Å². The largest absolute Gasteiger partial charge is 0.466 e. The second kappa shape index (κ2) is 5.84. The molecular formula is C18H24O4. The van der Waals surface area contributed by atoms with Crippen LogP contribution in [-0.2, 0) is 14.3 Å². The van der Waals surface area contributed by atoms with Gasteiger partial charge in [0.2, 0.25) is 0 Å². The van der Waals surface area contributed by atoms with Crippen LogP contribution >= 0.6 is 0 Å². The average molecular weight is 304 g/mol. The molecule has 2 aliphatic carbocycles. The quantitative estimate of drug-likeness (QED) is 0.493. The Kier molecular flexibility index (Phi) is 4.43. The minimum atomic E-state index is -1.16. The van der Waals surface area contributed by atoms with E-state index in [1.807, 2.05) is 6.92 Å². The first kappa shape index (κ1) is 16.7. The Morgan fingerprint density at radius 3 is 2.64 bits per heavy atom. The highest BCUT2D eigenvalue weighted by atomic mass is 16.5. The molecule has 0 aromatic heterocycles. The van der Waals surface area contributed by atoms with Crippen LogP contribution in [0.25, 0.3) is 0 Å². The van der Waals surface area contributed by atoms with Crippen molar-refractivity contribution in [3.05, 3.63) is 35.5 Å². The topological polar surface area (TPSA) is 63.6 Å². The first-order valence-corrected chi connectivity index (χ1v) is 7.62. The van der Waals surface area contributed by atoms with Gasteiger partial charge in [-0.3, -0.25) is 4.79 Å². The molecule has 0 radical (unpaired) electrons. The Balaban J connectivity index is 2.35. The van der Waals surface area contributed by atoms with Gasteiger partial charge < -0.3 is 9.84 Å². The molecule has 0 bridgehead atoms. The Morgan fingerprint density at radius 2 is 2.09 bits per heavy atom. The highest BCUT2D eigenvalue weighted by Crippen LogP contribution is 2.57. The fraction of sp³-hybridized carbons (Fsp3) is 0.556. The van der Waals surface area contributed by atoms with Gasteiger partial charge in [-0.25, -0.2) is 4.79 Å². The van der Waals surface area contributed by atoms with E-state index in [2.05, 4.69) is 4.74 Å². The maximum absolute atomic E-state index is 11.9. The highest BCUT2D eigenvalue weighted by molar-refractivity contribution is 5.93. The fourth-order valence-corrected chi connectivity index (χ4v) is 3.39. The monoisotopic (exact) mass is 304 g/mol. The minimum Gasteiger partial charge on any atom is -0.466 e. The van der Waals surface area contributed by atoms with Crippen molar-refractivity contribution in [2.75, 3.05) is 7.11 Å². The molecule has 22 heavy (non-hydrogen) atoms. The summed E-state index contributed by atoms with van der Waals surface area (Å²) in [4.78, 5) is 23.2. The van der Waals surface area contributed by atoms with E-state index in [0.29, 0.717) is 23.5 Å². The summed E-state index contributed by atoms with van der Waals surface area (Å²) in [5.41, 5.74) is -0.276. The van der Waals surface area contributed by atoms with Crippen molar-refractivity contribution in [1.82, 2.24) is 0 Å². The molecule has 2 aliphatic rings. The summed E-state index contributed by atoms with van der Waals surface area (Å²) in [7, 11) is 1.33. The van der Waals surface area contributed by atoms with Crippen molar-refractivity contribution in [3.63, 3.8) is 0 Å². The van der Waals surface area contributed by atoms with Crippen LogP contribution < -0.4 is 0 Å². The van der Waals surface area contributed by atoms with Gasteiger partial charge in [0.15, 0.2) is 5.78 Å². The molecule has 1 fully saturated rings. The SMILES string of the molecule is COC(=O)/C=C(C)\C=C\C1(O)C(C)=CC(=O)CC1(C)C1CC1. The maximum Gasteiger partial charge on any atom is 0.330 e. The van der Waals surface area contributed by atoms with Crippen LogP contribution in [0.4, 0.5) is 0 Å². The molecule has 0 spiro atoms. The lowest BCUT2D eigenvalue weighted by Crippen LogP contribution is -2.51. The van der Waals surface area contributed by atoms with Gasteiger partial charge in [-0.15, -0.1) is 0 Å². The lowest BCUT2D eigenvalue weighted by atomic mass is 9.60. The number of methoxy groups -OCH3 is 1. The molecule has 0 aliphatic heterocycles. The van der Waals surface area contributed by atoms with E-state index in [1.54, 1.807) is 26.0 Å². The zero-order valence-electron chi connectivity index (χ0n) is 13.7. The lowest BCUT2D eigenvalue weighted by Gasteiger charge is -2.47. The zero-order valence-corrected chi connectivity index (χ0v) is 13.7. The van der Waals surface area contributed by atoms with Crippen molar-refractivity contribution >= 4 is 11.8 Å². The van der Waals surface area contributed by atoms with E-state index in [0.717, 1.165) is 12.8 Å². The van der Waals surface area contributed by atoms with Gasteiger partial charge in [-0.1, -0.05) is 13.0 Å². The fourth-order valence-electron chi connectivity index (χ4n) is 3.39. The van der Waals surface area contributed by atoms with Crippen molar-refractivity contribution in [1.29, 1.82) is 0 Å². The smallest absolute Gasteiger partial charge is 0.330 e. The number of ether oxygens (including phenoxy) is 1. The zero-order chi connectivity index (χ0) is 16.5. The molecule has 4 nitrogen and oxygen atoms in total. The first-order valence-electron chi connectivity index (χ1n) is 7.62. The molecule has 2 atom stereocenters. The molecule has 120 valence electrons. The van der Waals surface area contributed by atoms with E-state index in [-0.39, 0.29) is 5.78 Å². The standard InChI is InChI=1S/C18H24O4/c1-12(9-16(20)22-4)7-8-18(21)13(2)10-15(19)11-17(18,3)14-5-6-14/h7-10,14,21H,5-6,11H2,1-4H3/b8-7+,12-9-. The molecule has 4 heteroatoms. The molecule has 1 saturated carbocycles. The van der Waals surface area contributed by atoms with Gasteiger partial charge in [0.05, 0.1) is 7.11 Å². The number of esters is 1. The van der Waals surface area contributed by atoms with E-state index in [9.17, 15) is 14.7 Å². The second-order valence-electron chi connectivity index (χ2n) is 6.67. The van der Waals surface area contributed by atoms with Gasteiger partial charge in [-0.05, 0) is 55.9 Å². The molecule has 0 saturated heterocycles. The third-order valence-electron chi connectivity index (χ3n) is 5.00. The maximum atomic E-state index is 11.9. The average Bonchev–Trinajstić information content (AvgIpc) is 3.27. The normalized spacial score (nSPS) is 33.0. The van der Waals surface area contributed by atoms with Crippen LogP contribution in [0, 0.1) is 11.3 Å². The third kappa shape index (κ3) is 2.93. The number of rotatable bonds is 4. The van der Waals surface area contributed by atoms with Crippen molar-refractivity contribution in [2.45, 2.75) is 45.6 Å². The summed E-state index contributed by atoms with van der Waals surface area (Å²) in [6.45, 7) is 5.56. The van der Waals surface area contributed by atoms with Crippen LogP contribution in [0.1, 0.15) is 40.0 Å². The molecule has 0 aromatic carbocycles. The number of hydrogen-bond donors (Lipinski definition) is 1. The Labute approximate surface area is 131 Å². The third-order valence-corrected chi connectivity index (χ3v) is 5.00. The number of carbonyl (C=O) groups excluding carboxylic acids is 2. The number of carbonyl (C=O) groups is 2. The van der Waals surface area contributed by atoms with Crippen LogP contribution in [-0.4, -0.2) is 29.6 Å². The van der Waals surface area contributed by atoms with Gasteiger partial charge in [-0.2, -0.15) is 0 Å². The van der Waals surface area contributed by atoms with Crippen molar-refractivity contribution in [3.8, 4) is 0 Å². The van der Waals surface area contributed by atoms with Crippen LogP contribution in [0.5, 0.6) is 0 Å². The lowest BCUT2D eigenvalue weighted by molar-refractivity contribution is -0.134. The summed E-state index contributed by atoms with van der Waals surface area (Å²) in [6.07, 6.45) is 8.81. The number of hydrogen-bond acceptors (Lipinski definition) is 4. The summed E-state index contributed by atoms with van der Waals surface area (Å²) in [5.74, 6) is 0.0108. The molecular weight excluding hydrogens is 280 g/mol. The summed E-state index contributed by atoms with van der Waals surface area (Å²) < 4.78 is 4.59. The molecule has 0 aromatic rings. The number of aliphatic hydroxyl groups is 1. The van der Waals surface area contributed by atoms with Crippen LogP contribution in [0.2, 0.25) is 0 Å². The first-order chi connectivity index (χ1) is 10.2. The van der Waals surface area contributed by atoms with Gasteiger partial charge in [0, 0.05) is 17.9 Å². The van der Waals surface area contributed by atoms with E-state index >= 15 is 0 Å². The second-order valence-corrected chi connectivity index (χ2v) is 6.67. The number of ketones is 1. The van der Waals surface area contributed by atoms with Crippen LogP contribution in [0.15, 0.2) is 35.5 Å². The Morgan fingerprint density at radius 1 is 1.45 bits per heavy atom. The van der Waals surface area contributed by atoms with E-state index in [1.165, 1.54) is 19.3 Å². The molecule has 0 amide bonds. The van der Waals surface area contributed by atoms with Crippen molar-refractivity contribution in [2.24, 2.45) is 11.3 Å². The predicted molar refractivity (Wildman–Crippen MR) is 84.1 cm³/mol. The molecule has 2 rings (SSSR count). The molecule has 2 unspecified atom stereocenters. The summed E-state index contributed by atoms with van der Waals surface area (Å²) in [5, 5.41) is 11.3. The van der Waals surface area contributed by atoms with Crippen LogP contribution in [0.3, 0.4) is 0 Å². The van der Waals surface area contributed by atoms with Gasteiger partial charge in [0.1, 0.15) is 5.60 Å². The minimum absolute atomic E-state index is 0.0757. The van der Waals surface area contributed by atoms with Gasteiger partial charge in [0.25, 0.3) is 0 Å².